The average molecular weight is 450 g/mol. The van der Waals surface area contributed by atoms with Gasteiger partial charge in [0.2, 0.25) is 5.89 Å². The Morgan fingerprint density at radius 1 is 1.35 bits per heavy atom. The van der Waals surface area contributed by atoms with Crippen molar-refractivity contribution in [3.8, 4) is 0 Å². The van der Waals surface area contributed by atoms with Crippen LogP contribution in [-0.2, 0) is 16.1 Å². The molecule has 31 heavy (non-hydrogen) atoms. The normalized spacial score (nSPS) is 18.4. The topological polar surface area (TPSA) is 84.1 Å². The fraction of sp³-hybridized carbons (Fsp3) is 0.286. The Morgan fingerprint density at radius 2 is 2.10 bits per heavy atom. The van der Waals surface area contributed by atoms with E-state index in [0.29, 0.717) is 30.4 Å². The number of aromatic nitrogens is 2. The van der Waals surface area contributed by atoms with E-state index in [-0.39, 0.29) is 75.8 Å². The molecule has 1 fully saturated rings. The molecule has 1 atom stereocenters. The van der Waals surface area contributed by atoms with Gasteiger partial charge in [-0.2, -0.15) is 5.10 Å². The van der Waals surface area contributed by atoms with Crippen molar-refractivity contribution in [2.75, 3.05) is 6.61 Å². The molecule has 0 bridgehead atoms. The van der Waals surface area contributed by atoms with E-state index in [4.69, 9.17) is 9.26 Å². The molecule has 0 spiro atoms. The van der Waals surface area contributed by atoms with Crippen molar-refractivity contribution in [1.82, 2.24) is 20.0 Å². The maximum absolute atomic E-state index is 13.1. The molecule has 4 rings (SSSR count). The zero-order valence-corrected chi connectivity index (χ0v) is 20.8. The molecule has 2 aromatic rings. The van der Waals surface area contributed by atoms with Crippen LogP contribution in [0.3, 0.4) is 0 Å². The third-order valence-corrected chi connectivity index (χ3v) is 4.88. The zero-order chi connectivity index (χ0) is 21.3. The van der Waals surface area contributed by atoms with Gasteiger partial charge in [-0.25, -0.2) is 14.4 Å². The second-order valence-electron chi connectivity index (χ2n) is 7.21. The number of amides is 1. The SMILES string of the molecule is C=CN1N=CN(Cc2nc([C-]3CO[C@@H](c4ccc(F)cc4)C3)no2)C(=O)C1=C(C)C.[K+]. The first-order valence-electron chi connectivity index (χ1n) is 9.45. The minimum absolute atomic E-state index is 0. The number of hydrogen-bond donors (Lipinski definition) is 0. The van der Waals surface area contributed by atoms with Crippen LogP contribution in [-0.4, -0.2) is 38.9 Å². The van der Waals surface area contributed by atoms with Gasteiger partial charge in [0.1, 0.15) is 24.4 Å². The number of benzene rings is 1. The summed E-state index contributed by atoms with van der Waals surface area (Å²) in [6, 6.07) is 6.24. The van der Waals surface area contributed by atoms with E-state index in [9.17, 15) is 9.18 Å². The van der Waals surface area contributed by atoms with Crippen molar-refractivity contribution in [1.29, 1.82) is 0 Å². The second kappa shape index (κ2) is 10.2. The number of carbonyl (C=O) groups is 1. The number of allylic oxidation sites excluding steroid dienone is 1. The van der Waals surface area contributed by atoms with Crippen molar-refractivity contribution < 1.29 is 69.8 Å². The van der Waals surface area contributed by atoms with Gasteiger partial charge in [0.25, 0.3) is 5.91 Å². The number of hydrazone groups is 1. The molecule has 2 aliphatic heterocycles. The van der Waals surface area contributed by atoms with Crippen LogP contribution < -0.4 is 51.4 Å². The van der Waals surface area contributed by atoms with E-state index in [1.54, 1.807) is 12.1 Å². The molecule has 0 N–H and O–H groups in total. The largest absolute Gasteiger partial charge is 1.00 e. The monoisotopic (exact) mass is 449 g/mol. The van der Waals surface area contributed by atoms with Gasteiger partial charge in [0.05, 0.1) is 6.10 Å². The Morgan fingerprint density at radius 3 is 2.77 bits per heavy atom. The number of rotatable bonds is 5. The third kappa shape index (κ3) is 5.16. The molecule has 2 aliphatic rings. The van der Waals surface area contributed by atoms with Crippen LogP contribution in [0.1, 0.15) is 43.7 Å². The fourth-order valence-electron chi connectivity index (χ4n) is 3.35. The summed E-state index contributed by atoms with van der Waals surface area (Å²) < 4.78 is 24.3. The number of ether oxygens (including phenoxy) is 1. The Labute approximate surface area is 222 Å². The van der Waals surface area contributed by atoms with Gasteiger partial charge in [-0.1, -0.05) is 30.5 Å². The van der Waals surface area contributed by atoms with Gasteiger partial charge in [-0.3, -0.25) is 15.6 Å². The Kier molecular flexibility index (Phi) is 7.84. The van der Waals surface area contributed by atoms with Crippen LogP contribution in [0, 0.1) is 11.7 Å². The molecule has 1 aromatic carbocycles. The Balaban J connectivity index is 0.00000272. The van der Waals surface area contributed by atoms with Crippen LogP contribution in [0.5, 0.6) is 0 Å². The fourth-order valence-corrected chi connectivity index (χ4v) is 3.35. The summed E-state index contributed by atoms with van der Waals surface area (Å²) in [6.07, 6.45) is 3.30. The molecule has 0 saturated carbocycles. The smallest absolute Gasteiger partial charge is 0.405 e. The molecule has 1 amide bonds. The van der Waals surface area contributed by atoms with Gasteiger partial charge in [0, 0.05) is 12.0 Å². The molecule has 10 heteroatoms. The molecule has 3 heterocycles. The summed E-state index contributed by atoms with van der Waals surface area (Å²) in [7, 11) is 0. The van der Waals surface area contributed by atoms with Crippen LogP contribution in [0.25, 0.3) is 0 Å². The first-order chi connectivity index (χ1) is 14.5. The summed E-state index contributed by atoms with van der Waals surface area (Å²) in [6.45, 7) is 7.81. The van der Waals surface area contributed by atoms with Crippen molar-refractivity contribution in [3.05, 3.63) is 77.3 Å². The van der Waals surface area contributed by atoms with Crippen molar-refractivity contribution in [3.63, 3.8) is 0 Å². The number of hydrogen-bond acceptors (Lipinski definition) is 7. The van der Waals surface area contributed by atoms with E-state index >= 15 is 0 Å². The molecule has 1 saturated heterocycles. The summed E-state index contributed by atoms with van der Waals surface area (Å²) in [5, 5.41) is 9.68. The van der Waals surface area contributed by atoms with Crippen LogP contribution >= 0.6 is 0 Å². The van der Waals surface area contributed by atoms with Crippen molar-refractivity contribution in [2.45, 2.75) is 32.9 Å². The maximum Gasteiger partial charge on any atom is 1.00 e. The molecular formula is C21H21FKN5O3. The van der Waals surface area contributed by atoms with E-state index in [1.165, 1.54) is 34.6 Å². The van der Waals surface area contributed by atoms with E-state index < -0.39 is 0 Å². The van der Waals surface area contributed by atoms with Gasteiger partial charge in [-0.05, 0) is 37.1 Å². The predicted molar refractivity (Wildman–Crippen MR) is 106 cm³/mol. The van der Waals surface area contributed by atoms with E-state index in [1.807, 2.05) is 13.8 Å². The number of nitrogens with zero attached hydrogens (tertiary/aromatic N) is 5. The Bertz CT molecular complexity index is 1020. The van der Waals surface area contributed by atoms with Crippen molar-refractivity contribution in [2.24, 2.45) is 5.10 Å². The van der Waals surface area contributed by atoms with Crippen LogP contribution in [0.2, 0.25) is 0 Å². The molecule has 156 valence electrons. The van der Waals surface area contributed by atoms with Crippen LogP contribution in [0.15, 0.2) is 57.9 Å². The van der Waals surface area contributed by atoms with Gasteiger partial charge in [-0.15, -0.1) is 6.42 Å². The maximum atomic E-state index is 13.1. The van der Waals surface area contributed by atoms with Crippen molar-refractivity contribution >= 4 is 12.2 Å². The van der Waals surface area contributed by atoms with E-state index in [0.717, 1.165) is 17.1 Å². The minimum atomic E-state index is -0.285. The number of carbonyl (C=O) groups excluding carboxylic acids is 1. The average Bonchev–Trinajstić information content (AvgIpc) is 3.39. The van der Waals surface area contributed by atoms with E-state index in [2.05, 4.69) is 21.8 Å². The summed E-state index contributed by atoms with van der Waals surface area (Å²) >= 11 is 0. The summed E-state index contributed by atoms with van der Waals surface area (Å²) in [4.78, 5) is 18.6. The molecule has 0 aliphatic carbocycles. The third-order valence-electron chi connectivity index (χ3n) is 4.88. The van der Waals surface area contributed by atoms with Gasteiger partial charge < -0.3 is 9.26 Å². The molecule has 0 unspecified atom stereocenters. The number of halogens is 1. The van der Waals surface area contributed by atoms with Crippen LogP contribution in [0.4, 0.5) is 4.39 Å². The standard InChI is InChI=1S/C21H21FN5O3.K/c1-4-27-19(13(2)3)21(28)26(12-23-27)10-18-24-20(25-30-18)15-9-17(29-11-15)14-5-7-16(22)8-6-14;/h4-8,12,17H,1,9-11H2,2-3H3;/q-1;+1/t17-;/m1./s1. The van der Waals surface area contributed by atoms with Gasteiger partial charge >= 0.3 is 51.4 Å². The molecular weight excluding hydrogens is 428 g/mol. The quantitative estimate of drug-likeness (QED) is 0.372. The minimum Gasteiger partial charge on any atom is -0.405 e. The summed E-state index contributed by atoms with van der Waals surface area (Å²) in [5.74, 6) is 1.12. The molecule has 8 nitrogen and oxygen atoms in total. The van der Waals surface area contributed by atoms with Gasteiger partial charge in [0.15, 0.2) is 0 Å². The molecule has 0 radical (unpaired) electrons. The first kappa shape index (κ1) is 23.8. The molecule has 1 aromatic heterocycles. The summed E-state index contributed by atoms with van der Waals surface area (Å²) in [5.41, 5.74) is 2.15. The zero-order valence-electron chi connectivity index (χ0n) is 17.7. The Hall–Kier alpha value is -1.82. The predicted octanol–water partition coefficient (Wildman–Crippen LogP) is 0.322. The second-order valence-corrected chi connectivity index (χ2v) is 7.21. The first-order valence-corrected chi connectivity index (χ1v) is 9.45.